The zero-order valence-corrected chi connectivity index (χ0v) is 18.9. The van der Waals surface area contributed by atoms with Crippen molar-refractivity contribution in [2.75, 3.05) is 17.7 Å². The van der Waals surface area contributed by atoms with E-state index in [1.54, 1.807) is 24.7 Å². The number of nitrogens with two attached hydrogens (primary N) is 1. The highest BCUT2D eigenvalue weighted by Gasteiger charge is 2.26. The molecule has 4 N–H and O–H groups in total. The number of hydrogen-bond acceptors (Lipinski definition) is 8. The fourth-order valence-electron chi connectivity index (χ4n) is 3.45. The van der Waals surface area contributed by atoms with Crippen molar-refractivity contribution in [2.45, 2.75) is 25.8 Å². The summed E-state index contributed by atoms with van der Waals surface area (Å²) in [7, 11) is 0. The summed E-state index contributed by atoms with van der Waals surface area (Å²) >= 11 is 2.98. The third-order valence-electron chi connectivity index (χ3n) is 5.07. The minimum Gasteiger partial charge on any atom is -0.449 e. The van der Waals surface area contributed by atoms with Crippen molar-refractivity contribution in [3.63, 3.8) is 0 Å². The van der Waals surface area contributed by atoms with Crippen LogP contribution < -0.4 is 16.4 Å². The lowest BCUT2D eigenvalue weighted by atomic mass is 9.89. The predicted molar refractivity (Wildman–Crippen MR) is 126 cm³/mol. The van der Waals surface area contributed by atoms with Gasteiger partial charge in [-0.05, 0) is 48.4 Å². The zero-order valence-electron chi connectivity index (χ0n) is 17.2. The molecule has 1 aliphatic rings. The van der Waals surface area contributed by atoms with Crippen molar-refractivity contribution in [1.82, 2.24) is 15.3 Å². The molecule has 0 aromatic carbocycles. The smallest absolute Gasteiger partial charge is 0.407 e. The Kier molecular flexibility index (Phi) is 7.13. The largest absolute Gasteiger partial charge is 0.449 e. The van der Waals surface area contributed by atoms with Gasteiger partial charge in [0.15, 0.2) is 0 Å². The first-order valence-corrected chi connectivity index (χ1v) is 11.9. The fraction of sp³-hybridized carbons (Fsp3) is 0.273. The summed E-state index contributed by atoms with van der Waals surface area (Å²) in [5.41, 5.74) is 8.86. The van der Waals surface area contributed by atoms with E-state index in [4.69, 9.17) is 10.5 Å². The SMILES string of the molecule is Nc1c(NC(=O)/C=C/c2cccnc2)sc2c1CCC(COC(=O)NCc1nccs1)C2. The van der Waals surface area contributed by atoms with E-state index in [2.05, 4.69) is 20.6 Å². The summed E-state index contributed by atoms with van der Waals surface area (Å²) in [5, 5.41) is 8.96. The number of thiophene rings is 1. The van der Waals surface area contributed by atoms with Gasteiger partial charge in [-0.2, -0.15) is 0 Å². The number of aromatic nitrogens is 2. The van der Waals surface area contributed by atoms with Crippen LogP contribution in [-0.4, -0.2) is 28.6 Å². The number of hydrogen-bond donors (Lipinski definition) is 3. The van der Waals surface area contributed by atoms with Gasteiger partial charge >= 0.3 is 6.09 Å². The van der Waals surface area contributed by atoms with Crippen LogP contribution in [0.5, 0.6) is 0 Å². The number of amides is 2. The normalized spacial score (nSPS) is 15.3. The molecule has 0 aliphatic heterocycles. The maximum atomic E-state index is 12.3. The van der Waals surface area contributed by atoms with Gasteiger partial charge in [0.05, 0.1) is 18.8 Å². The third-order valence-corrected chi connectivity index (χ3v) is 7.04. The number of rotatable bonds is 7. The number of anilines is 2. The van der Waals surface area contributed by atoms with Crippen LogP contribution >= 0.6 is 22.7 Å². The molecule has 1 unspecified atom stereocenters. The Labute approximate surface area is 193 Å². The lowest BCUT2D eigenvalue weighted by Gasteiger charge is -2.22. The molecule has 3 heterocycles. The molecule has 2 amide bonds. The molecule has 3 aromatic rings. The number of nitrogens with one attached hydrogen (secondary N) is 2. The number of fused-ring (bicyclic) bond motifs is 1. The van der Waals surface area contributed by atoms with Gasteiger partial charge in [-0.1, -0.05) is 6.07 Å². The number of carbonyl (C=O) groups excluding carboxylic acids is 2. The van der Waals surface area contributed by atoms with Gasteiger partial charge < -0.3 is 21.1 Å². The molecule has 0 saturated heterocycles. The van der Waals surface area contributed by atoms with Gasteiger partial charge in [0.2, 0.25) is 5.91 Å². The number of carbonyl (C=O) groups is 2. The minimum atomic E-state index is -0.440. The maximum absolute atomic E-state index is 12.3. The summed E-state index contributed by atoms with van der Waals surface area (Å²) in [5.74, 6) is -0.0175. The highest BCUT2D eigenvalue weighted by atomic mass is 32.1. The van der Waals surface area contributed by atoms with E-state index < -0.39 is 6.09 Å². The summed E-state index contributed by atoms with van der Waals surface area (Å²) in [6, 6.07) is 3.68. The van der Waals surface area contributed by atoms with E-state index in [1.165, 1.54) is 28.7 Å². The maximum Gasteiger partial charge on any atom is 0.407 e. The van der Waals surface area contributed by atoms with Crippen LogP contribution in [0.1, 0.15) is 27.4 Å². The van der Waals surface area contributed by atoms with Crippen LogP contribution in [0.15, 0.2) is 42.2 Å². The van der Waals surface area contributed by atoms with E-state index >= 15 is 0 Å². The molecule has 8 nitrogen and oxygen atoms in total. The number of nitrogen functional groups attached to an aromatic ring is 1. The first kappa shape index (κ1) is 22.0. The molecule has 1 aliphatic carbocycles. The molecule has 3 aromatic heterocycles. The van der Waals surface area contributed by atoms with Crippen molar-refractivity contribution >= 4 is 51.4 Å². The van der Waals surface area contributed by atoms with Gasteiger partial charge in [0.25, 0.3) is 0 Å². The highest BCUT2D eigenvalue weighted by molar-refractivity contribution is 7.17. The average molecular weight is 470 g/mol. The van der Waals surface area contributed by atoms with Gasteiger partial charge in [-0.3, -0.25) is 9.78 Å². The topological polar surface area (TPSA) is 119 Å². The molecule has 32 heavy (non-hydrogen) atoms. The standard InChI is InChI=1S/C22H23N5O3S2/c23-20-16-5-3-15(13-30-22(29)26-12-19-25-8-9-31-19)10-17(16)32-21(20)27-18(28)6-4-14-2-1-7-24-11-14/h1-2,4,6-9,11,15H,3,5,10,12-13,23H2,(H,26,29)(H,27,28)/b6-4+. The molecule has 0 fully saturated rings. The predicted octanol–water partition coefficient (Wildman–Crippen LogP) is 3.87. The van der Waals surface area contributed by atoms with Crippen molar-refractivity contribution < 1.29 is 14.3 Å². The number of ether oxygens (including phenoxy) is 1. The van der Waals surface area contributed by atoms with E-state index in [1.807, 2.05) is 17.5 Å². The zero-order chi connectivity index (χ0) is 22.3. The molecule has 4 rings (SSSR count). The summed E-state index contributed by atoms with van der Waals surface area (Å²) in [6.45, 7) is 0.710. The third kappa shape index (κ3) is 5.71. The van der Waals surface area contributed by atoms with Crippen LogP contribution in [0.3, 0.4) is 0 Å². The average Bonchev–Trinajstić information content (AvgIpc) is 3.44. The molecule has 166 valence electrons. The highest BCUT2D eigenvalue weighted by Crippen LogP contribution is 2.41. The van der Waals surface area contributed by atoms with E-state index in [0.29, 0.717) is 23.8 Å². The second-order valence-electron chi connectivity index (χ2n) is 7.34. The van der Waals surface area contributed by atoms with Crippen molar-refractivity contribution in [2.24, 2.45) is 5.92 Å². The van der Waals surface area contributed by atoms with Crippen LogP contribution in [0.4, 0.5) is 15.5 Å². The van der Waals surface area contributed by atoms with Crippen LogP contribution in [0.25, 0.3) is 6.08 Å². The number of nitrogens with zero attached hydrogens (tertiary/aromatic N) is 2. The Morgan fingerprint density at radius 1 is 1.34 bits per heavy atom. The summed E-state index contributed by atoms with van der Waals surface area (Å²) in [6.07, 6.45) is 10.2. The Balaban J connectivity index is 1.28. The minimum absolute atomic E-state index is 0.222. The molecule has 10 heteroatoms. The van der Waals surface area contributed by atoms with E-state index in [-0.39, 0.29) is 11.8 Å². The van der Waals surface area contributed by atoms with Gasteiger partial charge in [-0.15, -0.1) is 22.7 Å². The summed E-state index contributed by atoms with van der Waals surface area (Å²) < 4.78 is 5.39. The van der Waals surface area contributed by atoms with Crippen molar-refractivity contribution in [3.8, 4) is 0 Å². The molecule has 0 saturated carbocycles. The monoisotopic (exact) mass is 469 g/mol. The van der Waals surface area contributed by atoms with E-state index in [0.717, 1.165) is 40.3 Å². The molecular weight excluding hydrogens is 446 g/mol. The first-order valence-electron chi connectivity index (χ1n) is 10.2. The van der Waals surface area contributed by atoms with Crippen molar-refractivity contribution in [3.05, 3.63) is 63.2 Å². The van der Waals surface area contributed by atoms with E-state index in [9.17, 15) is 9.59 Å². The lowest BCUT2D eigenvalue weighted by molar-refractivity contribution is -0.111. The molecule has 1 atom stereocenters. The number of pyridine rings is 1. The van der Waals surface area contributed by atoms with Gasteiger partial charge in [-0.25, -0.2) is 9.78 Å². The second-order valence-corrected chi connectivity index (χ2v) is 9.43. The summed E-state index contributed by atoms with van der Waals surface area (Å²) in [4.78, 5) is 33.5. The second kappa shape index (κ2) is 10.4. The number of alkyl carbamates (subject to hydrolysis) is 1. The quantitative estimate of drug-likeness (QED) is 0.452. The van der Waals surface area contributed by atoms with Gasteiger partial charge in [0.1, 0.15) is 10.0 Å². The number of thiazole rings is 1. The molecule has 0 bridgehead atoms. The lowest BCUT2D eigenvalue weighted by Crippen LogP contribution is -2.27. The first-order chi connectivity index (χ1) is 15.6. The van der Waals surface area contributed by atoms with Crippen molar-refractivity contribution in [1.29, 1.82) is 0 Å². The van der Waals surface area contributed by atoms with Crippen LogP contribution in [-0.2, 0) is 28.9 Å². The fourth-order valence-corrected chi connectivity index (χ4v) is 5.29. The Bertz CT molecular complexity index is 1100. The Morgan fingerprint density at radius 2 is 2.25 bits per heavy atom. The van der Waals surface area contributed by atoms with Gasteiger partial charge in [0, 0.05) is 34.9 Å². The molecular formula is C22H23N5O3S2. The Morgan fingerprint density at radius 3 is 3.03 bits per heavy atom. The Hall–Kier alpha value is -3.24. The molecule has 0 spiro atoms. The molecule has 0 radical (unpaired) electrons. The van der Waals surface area contributed by atoms with Crippen LogP contribution in [0.2, 0.25) is 0 Å². The van der Waals surface area contributed by atoms with Crippen LogP contribution in [0, 0.1) is 5.92 Å².